The average molecular weight is 226 g/mol. The maximum Gasteiger partial charge on any atom is 0.0596 e. The van der Waals surface area contributed by atoms with Gasteiger partial charge in [-0.1, -0.05) is 65.2 Å². The fraction of sp³-hybridized carbons (Fsp3) is 0.857. The molecule has 0 radical (unpaired) electrons. The Morgan fingerprint density at radius 3 is 1.80 bits per heavy atom. The summed E-state index contributed by atoms with van der Waals surface area (Å²) in [5.74, 6) is 0.865. The summed E-state index contributed by atoms with van der Waals surface area (Å²) < 4.78 is 0. The lowest BCUT2D eigenvalue weighted by molar-refractivity contribution is 0.514. The van der Waals surface area contributed by atoms with Crippen molar-refractivity contribution in [3.8, 4) is 0 Å². The van der Waals surface area contributed by atoms with Crippen molar-refractivity contribution >= 4 is 8.07 Å². The minimum atomic E-state index is -1.04. The van der Waals surface area contributed by atoms with Crippen LogP contribution in [0.2, 0.25) is 23.7 Å². The first-order valence-electron chi connectivity index (χ1n) is 6.72. The molecule has 0 saturated heterocycles. The highest BCUT2D eigenvalue weighted by Gasteiger charge is 2.34. The lowest BCUT2D eigenvalue weighted by Gasteiger charge is -2.36. The summed E-state index contributed by atoms with van der Waals surface area (Å²) >= 11 is 0. The van der Waals surface area contributed by atoms with Gasteiger partial charge in [-0.2, -0.15) is 0 Å². The molecule has 2 atom stereocenters. The molecule has 0 N–H and O–H groups in total. The molecule has 0 aliphatic rings. The molecule has 2 unspecified atom stereocenters. The van der Waals surface area contributed by atoms with Crippen LogP contribution in [0, 0.1) is 5.92 Å². The van der Waals surface area contributed by atoms with Gasteiger partial charge in [0.25, 0.3) is 0 Å². The van der Waals surface area contributed by atoms with Gasteiger partial charge in [-0.3, -0.25) is 0 Å². The highest BCUT2D eigenvalue weighted by Crippen LogP contribution is 2.38. The van der Waals surface area contributed by atoms with Crippen molar-refractivity contribution in [3.05, 3.63) is 12.7 Å². The summed E-state index contributed by atoms with van der Waals surface area (Å²) in [5, 5.41) is 0. The molecule has 0 rings (SSSR count). The predicted octanol–water partition coefficient (Wildman–Crippen LogP) is 5.49. The van der Waals surface area contributed by atoms with Crippen molar-refractivity contribution in [2.45, 2.75) is 71.1 Å². The largest absolute Gasteiger partial charge is 0.103 e. The molecule has 0 aromatic carbocycles. The van der Waals surface area contributed by atoms with Gasteiger partial charge in [0.15, 0.2) is 0 Å². The van der Waals surface area contributed by atoms with Gasteiger partial charge < -0.3 is 0 Å². The van der Waals surface area contributed by atoms with Crippen LogP contribution < -0.4 is 0 Å². The fourth-order valence-corrected chi connectivity index (χ4v) is 7.21. The van der Waals surface area contributed by atoms with Gasteiger partial charge in [0, 0.05) is 0 Å². The molecule has 0 saturated carbocycles. The lowest BCUT2D eigenvalue weighted by Crippen LogP contribution is -2.37. The first-order chi connectivity index (χ1) is 7.10. The van der Waals surface area contributed by atoms with Gasteiger partial charge >= 0.3 is 0 Å². The summed E-state index contributed by atoms with van der Waals surface area (Å²) in [6.07, 6.45) is 4.96. The number of allylic oxidation sites excluding steroid dienone is 1. The molecule has 1 heteroatoms. The van der Waals surface area contributed by atoms with Crippen molar-refractivity contribution in [3.63, 3.8) is 0 Å². The highest BCUT2D eigenvalue weighted by atomic mass is 28.3. The van der Waals surface area contributed by atoms with E-state index in [1.54, 1.807) is 0 Å². The summed E-state index contributed by atoms with van der Waals surface area (Å²) in [6.45, 7) is 16.0. The third kappa shape index (κ3) is 3.79. The zero-order valence-electron chi connectivity index (χ0n) is 11.5. The maximum absolute atomic E-state index is 4.09. The maximum atomic E-state index is 4.09. The second-order valence-corrected chi connectivity index (χ2v) is 10.6. The summed E-state index contributed by atoms with van der Waals surface area (Å²) in [4.78, 5) is 0. The Balaban J connectivity index is 4.66. The van der Waals surface area contributed by atoms with Gasteiger partial charge in [-0.15, -0.1) is 6.58 Å². The number of rotatable bonds is 8. The smallest absolute Gasteiger partial charge is 0.0596 e. The van der Waals surface area contributed by atoms with Crippen LogP contribution in [0.4, 0.5) is 0 Å². The van der Waals surface area contributed by atoms with E-state index in [1.165, 1.54) is 31.0 Å². The molecule has 0 aromatic heterocycles. The monoisotopic (exact) mass is 226 g/mol. The topological polar surface area (TPSA) is 0 Å². The summed E-state index contributed by atoms with van der Waals surface area (Å²) in [7, 11) is -1.04. The average Bonchev–Trinajstić information content (AvgIpc) is 2.29. The normalized spacial score (nSPS) is 16.1. The van der Waals surface area contributed by atoms with Crippen molar-refractivity contribution in [2.75, 3.05) is 0 Å². The van der Waals surface area contributed by atoms with E-state index in [9.17, 15) is 0 Å². The third-order valence-electron chi connectivity index (χ3n) is 4.54. The van der Waals surface area contributed by atoms with E-state index in [1.807, 2.05) is 0 Å². The van der Waals surface area contributed by atoms with Crippen LogP contribution in [0.3, 0.4) is 0 Å². The summed E-state index contributed by atoms with van der Waals surface area (Å²) in [5.41, 5.74) is 0.840. The highest BCUT2D eigenvalue weighted by molar-refractivity contribution is 6.81. The minimum Gasteiger partial charge on any atom is -0.103 e. The molecule has 15 heavy (non-hydrogen) atoms. The molecule has 0 aromatic rings. The second-order valence-electron chi connectivity index (χ2n) is 5.01. The van der Waals surface area contributed by atoms with Crippen molar-refractivity contribution < 1.29 is 0 Å². The minimum absolute atomic E-state index is 0.840. The van der Waals surface area contributed by atoms with Crippen LogP contribution in [-0.2, 0) is 0 Å². The van der Waals surface area contributed by atoms with E-state index in [0.717, 1.165) is 11.5 Å². The van der Waals surface area contributed by atoms with Crippen molar-refractivity contribution in [2.24, 2.45) is 5.92 Å². The zero-order valence-corrected chi connectivity index (χ0v) is 12.5. The number of hydrogen-bond donors (Lipinski definition) is 0. The van der Waals surface area contributed by atoms with Crippen LogP contribution in [0.15, 0.2) is 12.7 Å². The molecule has 0 fully saturated rings. The standard InChI is InChI=1S/C14H30Si/c1-7-13(6)12-14(8-2)15(9-3,10-4)11-5/h8,13-14H,2,7,9-12H2,1,3-6H3. The Morgan fingerprint density at radius 2 is 1.53 bits per heavy atom. The zero-order chi connectivity index (χ0) is 11.9. The van der Waals surface area contributed by atoms with Crippen molar-refractivity contribution in [1.82, 2.24) is 0 Å². The Morgan fingerprint density at radius 1 is 1.07 bits per heavy atom. The first kappa shape index (κ1) is 15.0. The third-order valence-corrected chi connectivity index (χ3v) is 10.8. The van der Waals surface area contributed by atoms with E-state index in [-0.39, 0.29) is 0 Å². The Hall–Kier alpha value is -0.0431. The van der Waals surface area contributed by atoms with Crippen LogP contribution >= 0.6 is 0 Å². The Bertz CT molecular complexity index is 162. The molecular formula is C14H30Si. The molecule has 0 heterocycles. The second kappa shape index (κ2) is 7.27. The van der Waals surface area contributed by atoms with Gasteiger partial charge in [-0.05, 0) is 17.9 Å². The summed E-state index contributed by atoms with van der Waals surface area (Å²) in [6, 6.07) is 4.27. The molecule has 0 spiro atoms. The van der Waals surface area contributed by atoms with Crippen LogP contribution in [0.5, 0.6) is 0 Å². The van der Waals surface area contributed by atoms with E-state index < -0.39 is 8.07 Å². The molecule has 0 aliphatic heterocycles. The molecule has 0 nitrogen and oxygen atoms in total. The Kier molecular flexibility index (Phi) is 7.25. The number of hydrogen-bond acceptors (Lipinski definition) is 0. The van der Waals surface area contributed by atoms with Gasteiger partial charge in [0.2, 0.25) is 0 Å². The fourth-order valence-electron chi connectivity index (χ4n) is 2.73. The van der Waals surface area contributed by atoms with E-state index in [0.29, 0.717) is 0 Å². The Labute approximate surface area is 98.2 Å². The van der Waals surface area contributed by atoms with Crippen LogP contribution in [0.1, 0.15) is 47.5 Å². The predicted molar refractivity (Wildman–Crippen MR) is 75.2 cm³/mol. The van der Waals surface area contributed by atoms with E-state index in [4.69, 9.17) is 0 Å². The van der Waals surface area contributed by atoms with Crippen molar-refractivity contribution in [1.29, 1.82) is 0 Å². The molecule has 90 valence electrons. The quantitative estimate of drug-likeness (QED) is 0.379. The van der Waals surface area contributed by atoms with E-state index in [2.05, 4.69) is 47.3 Å². The first-order valence-corrected chi connectivity index (χ1v) is 9.42. The SMILES string of the molecule is C=CC(CC(C)CC)[Si](CC)(CC)CC. The van der Waals surface area contributed by atoms with E-state index >= 15 is 0 Å². The van der Waals surface area contributed by atoms with Crippen LogP contribution in [-0.4, -0.2) is 8.07 Å². The van der Waals surface area contributed by atoms with Gasteiger partial charge in [-0.25, -0.2) is 0 Å². The molecule has 0 aliphatic carbocycles. The molecule has 0 bridgehead atoms. The van der Waals surface area contributed by atoms with Crippen LogP contribution in [0.25, 0.3) is 0 Å². The molecular weight excluding hydrogens is 196 g/mol. The molecule has 0 amide bonds. The van der Waals surface area contributed by atoms with Gasteiger partial charge in [0.1, 0.15) is 0 Å². The van der Waals surface area contributed by atoms with Gasteiger partial charge in [0.05, 0.1) is 8.07 Å². The lowest BCUT2D eigenvalue weighted by atomic mass is 10.0.